The normalized spacial score (nSPS) is 13.3. The van der Waals surface area contributed by atoms with Gasteiger partial charge in [-0.2, -0.15) is 25.2 Å². The molecule has 4 aromatic rings. The molecule has 182 valence electrons. The van der Waals surface area contributed by atoms with Gasteiger partial charge in [-0.15, -0.1) is 0 Å². The van der Waals surface area contributed by atoms with E-state index in [1.54, 1.807) is 12.1 Å². The van der Waals surface area contributed by atoms with E-state index in [1.807, 2.05) is 32.9 Å². The zero-order valence-corrected chi connectivity index (χ0v) is 19.6. The minimum Gasteiger partial charge on any atom is -0.394 e. The number of aromatic nitrogens is 6. The molecule has 35 heavy (non-hydrogen) atoms. The molecule has 0 radical (unpaired) electrons. The maximum absolute atomic E-state index is 14.3. The van der Waals surface area contributed by atoms with Gasteiger partial charge in [-0.3, -0.25) is 4.98 Å². The molecule has 0 aliphatic rings. The molecule has 0 bridgehead atoms. The van der Waals surface area contributed by atoms with Gasteiger partial charge in [0.15, 0.2) is 0 Å². The number of halogens is 2. The second-order valence-electron chi connectivity index (χ2n) is 8.61. The highest BCUT2D eigenvalue weighted by molar-refractivity contribution is 5.61. The predicted molar refractivity (Wildman–Crippen MR) is 125 cm³/mol. The van der Waals surface area contributed by atoms with Crippen LogP contribution in [-0.2, 0) is 6.54 Å². The zero-order chi connectivity index (χ0) is 25.1. The van der Waals surface area contributed by atoms with E-state index in [9.17, 15) is 13.9 Å². The van der Waals surface area contributed by atoms with Crippen molar-refractivity contribution in [1.82, 2.24) is 30.2 Å². The number of aliphatic hydroxyl groups excluding tert-OH is 2. The first kappa shape index (κ1) is 24.5. The first-order valence-electron chi connectivity index (χ1n) is 11.3. The highest BCUT2D eigenvalue weighted by Crippen LogP contribution is 2.32. The summed E-state index contributed by atoms with van der Waals surface area (Å²) in [6.45, 7) is 5.59. The Morgan fingerprint density at radius 1 is 0.943 bits per heavy atom. The number of rotatable bonds is 8. The van der Waals surface area contributed by atoms with Crippen molar-refractivity contribution in [3.63, 3.8) is 0 Å². The molecular formula is C25H26F2N6O2. The van der Waals surface area contributed by atoms with Crippen LogP contribution in [0.15, 0.2) is 48.7 Å². The standard InChI is InChI=1S/C25H26F2N6O2/c1-14(2)17-10-22(24-18(26)6-4-7-19(24)27)30-31-25(17)15(3)20-8-5-9-21(29-20)23-11-28-33(32-23)12-16(35)13-34/h4-11,14-16,34-35H,12-13H2,1-3H3/t15?,16-/m0/s1. The van der Waals surface area contributed by atoms with Gasteiger partial charge in [0.2, 0.25) is 0 Å². The largest absolute Gasteiger partial charge is 0.394 e. The van der Waals surface area contributed by atoms with Crippen molar-refractivity contribution >= 4 is 0 Å². The van der Waals surface area contributed by atoms with E-state index in [0.717, 1.165) is 5.56 Å². The van der Waals surface area contributed by atoms with Gasteiger partial charge in [-0.05, 0) is 41.8 Å². The monoisotopic (exact) mass is 480 g/mol. The lowest BCUT2D eigenvalue weighted by Gasteiger charge is -2.18. The smallest absolute Gasteiger partial charge is 0.135 e. The number of aliphatic hydroxyl groups is 2. The molecule has 10 heteroatoms. The summed E-state index contributed by atoms with van der Waals surface area (Å²) in [5.41, 5.74) is 3.25. The molecule has 0 aliphatic heterocycles. The average Bonchev–Trinajstić information content (AvgIpc) is 3.32. The molecule has 0 fully saturated rings. The quantitative estimate of drug-likeness (QED) is 0.396. The number of benzene rings is 1. The van der Waals surface area contributed by atoms with Crippen LogP contribution in [0.25, 0.3) is 22.6 Å². The SMILES string of the molecule is CC(C)c1cc(-c2c(F)cccc2F)nnc1C(C)c1cccc(-c2cnn(C[C@H](O)CO)n2)n1. The van der Waals surface area contributed by atoms with Crippen molar-refractivity contribution in [2.45, 2.75) is 45.3 Å². The lowest BCUT2D eigenvalue weighted by atomic mass is 9.91. The van der Waals surface area contributed by atoms with Gasteiger partial charge < -0.3 is 10.2 Å². The van der Waals surface area contributed by atoms with Crippen LogP contribution < -0.4 is 0 Å². The highest BCUT2D eigenvalue weighted by atomic mass is 19.1. The van der Waals surface area contributed by atoms with Crippen LogP contribution in [0.3, 0.4) is 0 Å². The molecule has 3 heterocycles. The first-order chi connectivity index (χ1) is 16.8. The van der Waals surface area contributed by atoms with Crippen LogP contribution in [-0.4, -0.2) is 53.1 Å². The summed E-state index contributed by atoms with van der Waals surface area (Å²) in [7, 11) is 0. The summed E-state index contributed by atoms with van der Waals surface area (Å²) in [6.07, 6.45) is 0.584. The van der Waals surface area contributed by atoms with Crippen LogP contribution in [0.2, 0.25) is 0 Å². The lowest BCUT2D eigenvalue weighted by molar-refractivity contribution is 0.0747. The Kier molecular flexibility index (Phi) is 7.23. The van der Waals surface area contributed by atoms with Crippen molar-refractivity contribution in [2.24, 2.45) is 0 Å². The molecule has 4 rings (SSSR count). The van der Waals surface area contributed by atoms with Crippen LogP contribution >= 0.6 is 0 Å². The number of hydrogen-bond acceptors (Lipinski definition) is 7. The molecule has 2 atom stereocenters. The van der Waals surface area contributed by atoms with E-state index in [2.05, 4.69) is 20.4 Å². The summed E-state index contributed by atoms with van der Waals surface area (Å²) >= 11 is 0. The van der Waals surface area contributed by atoms with Gasteiger partial charge >= 0.3 is 0 Å². The van der Waals surface area contributed by atoms with Crippen molar-refractivity contribution in [2.75, 3.05) is 6.61 Å². The van der Waals surface area contributed by atoms with E-state index in [4.69, 9.17) is 10.1 Å². The fourth-order valence-electron chi connectivity index (χ4n) is 3.80. The van der Waals surface area contributed by atoms with Gasteiger partial charge in [-0.25, -0.2) is 8.78 Å². The summed E-state index contributed by atoms with van der Waals surface area (Å²) in [5, 5.41) is 35.6. The van der Waals surface area contributed by atoms with E-state index < -0.39 is 17.7 Å². The van der Waals surface area contributed by atoms with Crippen molar-refractivity contribution < 1.29 is 19.0 Å². The van der Waals surface area contributed by atoms with E-state index in [1.165, 1.54) is 29.2 Å². The predicted octanol–water partition coefficient (Wildman–Crippen LogP) is 3.70. The molecular weight excluding hydrogens is 454 g/mol. The van der Waals surface area contributed by atoms with E-state index >= 15 is 0 Å². The Hall–Kier alpha value is -3.63. The Labute approximate surface area is 201 Å². The molecule has 8 nitrogen and oxygen atoms in total. The summed E-state index contributed by atoms with van der Waals surface area (Å²) in [4.78, 5) is 6.03. The second-order valence-corrected chi connectivity index (χ2v) is 8.61. The minimum atomic E-state index is -0.955. The summed E-state index contributed by atoms with van der Waals surface area (Å²) < 4.78 is 28.7. The Morgan fingerprint density at radius 2 is 1.66 bits per heavy atom. The maximum Gasteiger partial charge on any atom is 0.135 e. The maximum atomic E-state index is 14.3. The average molecular weight is 481 g/mol. The highest BCUT2D eigenvalue weighted by Gasteiger charge is 2.22. The van der Waals surface area contributed by atoms with Gasteiger partial charge in [0.1, 0.15) is 17.3 Å². The number of pyridine rings is 1. The topological polar surface area (TPSA) is 110 Å². The summed E-state index contributed by atoms with van der Waals surface area (Å²) in [5.74, 6) is -1.62. The van der Waals surface area contributed by atoms with Crippen molar-refractivity contribution in [3.8, 4) is 22.6 Å². The van der Waals surface area contributed by atoms with E-state index in [0.29, 0.717) is 22.8 Å². The third-order valence-electron chi connectivity index (χ3n) is 5.70. The lowest BCUT2D eigenvalue weighted by Crippen LogP contribution is -2.21. The fraction of sp³-hybridized carbons (Fsp3) is 0.320. The van der Waals surface area contributed by atoms with Crippen LogP contribution in [0, 0.1) is 11.6 Å². The van der Waals surface area contributed by atoms with Gasteiger partial charge in [0.25, 0.3) is 0 Å². The van der Waals surface area contributed by atoms with Crippen LogP contribution in [0.1, 0.15) is 49.6 Å². The van der Waals surface area contributed by atoms with Crippen molar-refractivity contribution in [3.05, 3.63) is 77.2 Å². The number of hydrogen-bond donors (Lipinski definition) is 2. The van der Waals surface area contributed by atoms with Crippen molar-refractivity contribution in [1.29, 1.82) is 0 Å². The Balaban J connectivity index is 1.67. The zero-order valence-electron chi connectivity index (χ0n) is 19.6. The van der Waals surface area contributed by atoms with Gasteiger partial charge in [0.05, 0.1) is 48.1 Å². The Morgan fingerprint density at radius 3 is 2.34 bits per heavy atom. The molecule has 0 amide bonds. The van der Waals surface area contributed by atoms with Crippen LogP contribution in [0.4, 0.5) is 8.78 Å². The first-order valence-corrected chi connectivity index (χ1v) is 11.3. The molecule has 0 aliphatic carbocycles. The van der Waals surface area contributed by atoms with E-state index in [-0.39, 0.29) is 36.2 Å². The molecule has 1 unspecified atom stereocenters. The molecule has 0 spiro atoms. The fourth-order valence-corrected chi connectivity index (χ4v) is 3.80. The van der Waals surface area contributed by atoms with Crippen LogP contribution in [0.5, 0.6) is 0 Å². The summed E-state index contributed by atoms with van der Waals surface area (Å²) in [6, 6.07) is 10.9. The number of nitrogens with zero attached hydrogens (tertiary/aromatic N) is 6. The molecule has 0 saturated carbocycles. The second kappa shape index (κ2) is 10.3. The molecule has 1 aromatic carbocycles. The Bertz CT molecular complexity index is 1310. The molecule has 3 aromatic heterocycles. The third-order valence-corrected chi connectivity index (χ3v) is 5.70. The third kappa shape index (κ3) is 5.23. The van der Waals surface area contributed by atoms with Gasteiger partial charge in [0, 0.05) is 11.6 Å². The molecule has 2 N–H and O–H groups in total. The minimum absolute atomic E-state index is 0.0255. The van der Waals surface area contributed by atoms with Gasteiger partial charge in [-0.1, -0.05) is 32.9 Å². The molecule has 0 saturated heterocycles.